The zero-order valence-corrected chi connectivity index (χ0v) is 22.0. The third-order valence-electron chi connectivity index (χ3n) is 5.52. The van der Waals surface area contributed by atoms with Crippen molar-refractivity contribution in [2.24, 2.45) is 0 Å². The van der Waals surface area contributed by atoms with Crippen LogP contribution >= 0.6 is 0 Å². The Labute approximate surface area is 212 Å². The second-order valence-corrected chi connectivity index (χ2v) is 10.9. The summed E-state index contributed by atoms with van der Waals surface area (Å²) < 4.78 is 16.3. The largest absolute Gasteiger partial charge is 0.458 e. The number of nitrogens with one attached hydrogen (secondary N) is 2. The van der Waals surface area contributed by atoms with E-state index in [1.807, 2.05) is 36.4 Å². The van der Waals surface area contributed by atoms with Crippen LogP contribution in [0.15, 0.2) is 48.5 Å². The number of benzene rings is 2. The number of esters is 1. The summed E-state index contributed by atoms with van der Waals surface area (Å²) in [6.45, 7) is 12.0. The van der Waals surface area contributed by atoms with Gasteiger partial charge in [-0.3, -0.25) is 0 Å². The Morgan fingerprint density at radius 1 is 0.778 bits per heavy atom. The molecule has 0 saturated carbocycles. The minimum atomic E-state index is -1.18. The number of carbonyl (C=O) groups excluding carboxylic acids is 3. The summed E-state index contributed by atoms with van der Waals surface area (Å²) >= 11 is 0. The molecular formula is C28H36N2O6. The smallest absolute Gasteiger partial charge is 0.408 e. The molecule has 8 heteroatoms. The molecule has 3 rings (SSSR count). The lowest BCUT2D eigenvalue weighted by Crippen LogP contribution is -2.56. The fourth-order valence-electron chi connectivity index (χ4n) is 4.10. The van der Waals surface area contributed by atoms with Crippen LogP contribution in [0, 0.1) is 0 Å². The van der Waals surface area contributed by atoms with Crippen LogP contribution in [0.1, 0.15) is 65.5 Å². The lowest BCUT2D eigenvalue weighted by Gasteiger charge is -2.29. The van der Waals surface area contributed by atoms with Crippen molar-refractivity contribution in [1.82, 2.24) is 10.6 Å². The average Bonchev–Trinajstić information content (AvgIpc) is 3.07. The molecule has 1 aliphatic carbocycles. The molecule has 0 heterocycles. The van der Waals surface area contributed by atoms with Crippen LogP contribution < -0.4 is 10.6 Å². The van der Waals surface area contributed by atoms with E-state index in [0.29, 0.717) is 0 Å². The van der Waals surface area contributed by atoms with Crippen LogP contribution in [0.3, 0.4) is 0 Å². The first-order valence-electron chi connectivity index (χ1n) is 12.1. The molecule has 0 fully saturated rings. The lowest BCUT2D eigenvalue weighted by atomic mass is 9.98. The number of hydrogen-bond donors (Lipinski definition) is 2. The van der Waals surface area contributed by atoms with Gasteiger partial charge >= 0.3 is 18.2 Å². The monoisotopic (exact) mass is 496 g/mol. The molecule has 0 radical (unpaired) electrons. The van der Waals surface area contributed by atoms with E-state index in [0.717, 1.165) is 22.3 Å². The molecule has 2 aromatic rings. The topological polar surface area (TPSA) is 103 Å². The molecule has 2 atom stereocenters. The highest BCUT2D eigenvalue weighted by atomic mass is 16.6. The molecule has 2 aromatic carbocycles. The van der Waals surface area contributed by atoms with Gasteiger partial charge in [0.2, 0.25) is 0 Å². The molecule has 0 unspecified atom stereocenters. The van der Waals surface area contributed by atoms with E-state index in [4.69, 9.17) is 14.2 Å². The zero-order valence-electron chi connectivity index (χ0n) is 22.0. The fraction of sp³-hybridized carbons (Fsp3) is 0.464. The summed E-state index contributed by atoms with van der Waals surface area (Å²) in [5, 5.41) is 5.17. The van der Waals surface area contributed by atoms with E-state index in [9.17, 15) is 14.4 Å². The molecule has 2 N–H and O–H groups in total. The highest BCUT2D eigenvalue weighted by Gasteiger charge is 2.34. The van der Waals surface area contributed by atoms with Gasteiger partial charge in [0.25, 0.3) is 0 Å². The van der Waals surface area contributed by atoms with Crippen molar-refractivity contribution < 1.29 is 28.6 Å². The summed E-state index contributed by atoms with van der Waals surface area (Å²) in [5.74, 6) is -0.792. The van der Waals surface area contributed by atoms with Crippen LogP contribution in [-0.4, -0.2) is 48.0 Å². The van der Waals surface area contributed by atoms with Crippen molar-refractivity contribution in [2.75, 3.05) is 6.61 Å². The van der Waals surface area contributed by atoms with Crippen LogP contribution in [0.4, 0.5) is 9.59 Å². The van der Waals surface area contributed by atoms with Crippen molar-refractivity contribution in [3.63, 3.8) is 0 Å². The van der Waals surface area contributed by atoms with E-state index >= 15 is 0 Å². The highest BCUT2D eigenvalue weighted by molar-refractivity contribution is 5.83. The molecule has 194 valence electrons. The number of rotatable bonds is 6. The second-order valence-electron chi connectivity index (χ2n) is 10.9. The number of carbonyl (C=O) groups is 3. The lowest BCUT2D eigenvalue weighted by molar-refractivity contribution is -0.158. The van der Waals surface area contributed by atoms with E-state index in [-0.39, 0.29) is 12.5 Å². The van der Waals surface area contributed by atoms with Crippen molar-refractivity contribution >= 4 is 18.2 Å². The number of ether oxygens (including phenoxy) is 3. The number of amides is 2. The van der Waals surface area contributed by atoms with E-state index < -0.39 is 41.4 Å². The van der Waals surface area contributed by atoms with Gasteiger partial charge in [0.05, 0.1) is 6.04 Å². The van der Waals surface area contributed by atoms with E-state index in [2.05, 4.69) is 22.8 Å². The molecular weight excluding hydrogens is 460 g/mol. The number of hydrogen-bond acceptors (Lipinski definition) is 6. The Bertz CT molecular complexity index is 1070. The SMILES string of the molecule is C[C@@H](NC(=O)OCC1c2ccccc2-c2ccccc21)[C@@H](NC(=O)OC(C)(C)C)C(=O)OC(C)(C)C. The predicted molar refractivity (Wildman–Crippen MR) is 137 cm³/mol. The van der Waals surface area contributed by atoms with Gasteiger partial charge in [0, 0.05) is 5.92 Å². The third kappa shape index (κ3) is 6.99. The van der Waals surface area contributed by atoms with Crippen molar-refractivity contribution in [2.45, 2.75) is 77.7 Å². The van der Waals surface area contributed by atoms with E-state index in [1.54, 1.807) is 48.5 Å². The molecule has 0 aromatic heterocycles. The van der Waals surface area contributed by atoms with Gasteiger partial charge in [-0.1, -0.05) is 48.5 Å². The van der Waals surface area contributed by atoms with Gasteiger partial charge in [-0.15, -0.1) is 0 Å². The second kappa shape index (κ2) is 10.6. The standard InChI is InChI=1S/C28H36N2O6/c1-17(23(24(31)35-27(2,3)4)30-26(33)36-28(5,6)7)29-25(32)34-16-22-20-14-10-8-12-18(20)19-13-9-11-15-21(19)22/h8-15,17,22-23H,16H2,1-7H3,(H,29,32)(H,30,33)/t17-,23-/m1/s1. The quantitative estimate of drug-likeness (QED) is 0.424. The Hall–Kier alpha value is -3.55. The maximum Gasteiger partial charge on any atom is 0.408 e. The molecule has 1 aliphatic rings. The van der Waals surface area contributed by atoms with Crippen LogP contribution in [0.2, 0.25) is 0 Å². The Kier molecular flexibility index (Phi) is 7.96. The van der Waals surface area contributed by atoms with Gasteiger partial charge in [0.15, 0.2) is 0 Å². The average molecular weight is 497 g/mol. The minimum absolute atomic E-state index is 0.0972. The van der Waals surface area contributed by atoms with Crippen molar-refractivity contribution in [1.29, 1.82) is 0 Å². The molecule has 36 heavy (non-hydrogen) atoms. The van der Waals surface area contributed by atoms with Crippen molar-refractivity contribution in [3.05, 3.63) is 59.7 Å². The van der Waals surface area contributed by atoms with Gasteiger partial charge in [-0.05, 0) is 70.7 Å². The maximum absolute atomic E-state index is 12.8. The number of alkyl carbamates (subject to hydrolysis) is 2. The minimum Gasteiger partial charge on any atom is -0.458 e. The van der Waals surface area contributed by atoms with Gasteiger partial charge in [-0.2, -0.15) is 0 Å². The molecule has 0 saturated heterocycles. The molecule has 8 nitrogen and oxygen atoms in total. The molecule has 0 bridgehead atoms. The van der Waals surface area contributed by atoms with Crippen LogP contribution in [-0.2, 0) is 19.0 Å². The molecule has 0 aliphatic heterocycles. The number of fused-ring (bicyclic) bond motifs is 3. The summed E-state index contributed by atoms with van der Waals surface area (Å²) in [5.41, 5.74) is 2.90. The predicted octanol–water partition coefficient (Wildman–Crippen LogP) is 5.15. The Balaban J connectivity index is 1.67. The molecule has 2 amide bonds. The summed E-state index contributed by atoms with van der Waals surface area (Å²) in [6.07, 6.45) is -1.50. The zero-order chi connectivity index (χ0) is 26.7. The normalized spacial score (nSPS) is 14.6. The Morgan fingerprint density at radius 3 is 1.78 bits per heavy atom. The van der Waals surface area contributed by atoms with Crippen molar-refractivity contribution in [3.8, 4) is 11.1 Å². The summed E-state index contributed by atoms with van der Waals surface area (Å²) in [7, 11) is 0. The molecule has 0 spiro atoms. The first-order chi connectivity index (χ1) is 16.7. The van der Waals surface area contributed by atoms with Crippen LogP contribution in [0.5, 0.6) is 0 Å². The summed E-state index contributed by atoms with van der Waals surface area (Å²) in [4.78, 5) is 37.9. The maximum atomic E-state index is 12.8. The highest BCUT2D eigenvalue weighted by Crippen LogP contribution is 2.44. The first kappa shape index (κ1) is 27.0. The summed E-state index contributed by atoms with van der Waals surface area (Å²) in [6, 6.07) is 14.1. The van der Waals surface area contributed by atoms with Crippen LogP contribution in [0.25, 0.3) is 11.1 Å². The van der Waals surface area contributed by atoms with E-state index in [1.165, 1.54) is 0 Å². The fourth-order valence-corrected chi connectivity index (χ4v) is 4.10. The Morgan fingerprint density at radius 2 is 1.28 bits per heavy atom. The van der Waals surface area contributed by atoms with Gasteiger partial charge < -0.3 is 24.8 Å². The van der Waals surface area contributed by atoms with Gasteiger partial charge in [0.1, 0.15) is 23.9 Å². The first-order valence-corrected chi connectivity index (χ1v) is 12.1. The van der Waals surface area contributed by atoms with Gasteiger partial charge in [-0.25, -0.2) is 14.4 Å². The third-order valence-corrected chi connectivity index (χ3v) is 5.52.